The minimum absolute atomic E-state index is 0.824. The van der Waals surface area contributed by atoms with Gasteiger partial charge in [-0.3, -0.25) is 4.98 Å². The van der Waals surface area contributed by atoms with Gasteiger partial charge in [-0.1, -0.05) is 60.7 Å². The van der Waals surface area contributed by atoms with E-state index in [1.807, 2.05) is 60.7 Å². The second-order valence-corrected chi connectivity index (χ2v) is 5.19. The topological polar surface area (TPSA) is 33.1 Å². The highest BCUT2D eigenvalue weighted by Gasteiger charge is 2.34. The van der Waals surface area contributed by atoms with Gasteiger partial charge in [0, 0.05) is 6.20 Å². The van der Waals surface area contributed by atoms with Gasteiger partial charge in [0.05, 0.1) is 10.4 Å². The van der Waals surface area contributed by atoms with Gasteiger partial charge < -0.3 is 5.11 Å². The maximum atomic E-state index is 11.3. The zero-order valence-electron chi connectivity index (χ0n) is 10.2. The van der Waals surface area contributed by atoms with Crippen LogP contribution in [0.5, 0.6) is 0 Å². The van der Waals surface area contributed by atoms with Crippen molar-refractivity contribution in [3.05, 3.63) is 88.4 Å². The molecule has 3 rings (SSSR count). The summed E-state index contributed by atoms with van der Waals surface area (Å²) in [5.41, 5.74) is 2.31. The smallest absolute Gasteiger partial charge is 0.151 e. The summed E-state index contributed by atoms with van der Waals surface area (Å²) < 4.78 is 0. The Morgan fingerprint density at radius 3 is 1.79 bits per heavy atom. The number of hydrogen-bond donors (Lipinski definition) is 1. The highest BCUT2D eigenvalue weighted by atomic mass is 32.1. The first kappa shape index (κ1) is 12.1. The van der Waals surface area contributed by atoms with Crippen LogP contribution in [0.4, 0.5) is 0 Å². The minimum Gasteiger partial charge on any atom is -0.375 e. The Balaban J connectivity index is 2.23. The van der Waals surface area contributed by atoms with Crippen molar-refractivity contribution >= 4 is 11.3 Å². The molecule has 1 heterocycles. The van der Waals surface area contributed by atoms with Gasteiger partial charge in [-0.15, -0.1) is 11.3 Å². The molecule has 0 unspecified atom stereocenters. The van der Waals surface area contributed by atoms with Gasteiger partial charge in [0.25, 0.3) is 0 Å². The van der Waals surface area contributed by atoms with Crippen LogP contribution in [0.15, 0.2) is 72.4 Å². The molecule has 2 aromatic carbocycles. The fraction of sp³-hybridized carbons (Fsp3) is 0.0625. The fourth-order valence-electron chi connectivity index (χ4n) is 2.20. The lowest BCUT2D eigenvalue weighted by molar-refractivity contribution is 0.129. The van der Waals surface area contributed by atoms with Crippen molar-refractivity contribution in [3.63, 3.8) is 0 Å². The minimum atomic E-state index is -1.14. The molecular formula is C16H13NOS. The van der Waals surface area contributed by atoms with Crippen molar-refractivity contribution in [2.45, 2.75) is 5.60 Å². The Hall–Kier alpha value is -1.97. The van der Waals surface area contributed by atoms with E-state index in [2.05, 4.69) is 4.98 Å². The molecule has 94 valence electrons. The van der Waals surface area contributed by atoms with E-state index < -0.39 is 5.60 Å². The first-order chi connectivity index (χ1) is 9.32. The van der Waals surface area contributed by atoms with E-state index in [0.717, 1.165) is 16.0 Å². The van der Waals surface area contributed by atoms with Crippen LogP contribution in [0, 0.1) is 0 Å². The van der Waals surface area contributed by atoms with Crippen molar-refractivity contribution < 1.29 is 5.11 Å². The molecule has 19 heavy (non-hydrogen) atoms. The van der Waals surface area contributed by atoms with E-state index in [0.29, 0.717) is 0 Å². The molecule has 2 nitrogen and oxygen atoms in total. The van der Waals surface area contributed by atoms with Gasteiger partial charge in [0.15, 0.2) is 5.60 Å². The normalized spacial score (nSPS) is 11.4. The fourth-order valence-corrected chi connectivity index (χ4v) is 2.97. The molecule has 0 aliphatic carbocycles. The molecule has 0 amide bonds. The Labute approximate surface area is 116 Å². The summed E-state index contributed by atoms with van der Waals surface area (Å²) in [6.45, 7) is 0. The number of nitrogens with zero attached hydrogens (tertiary/aromatic N) is 1. The molecule has 1 N–H and O–H groups in total. The van der Waals surface area contributed by atoms with Crippen molar-refractivity contribution in [1.82, 2.24) is 4.98 Å². The van der Waals surface area contributed by atoms with E-state index >= 15 is 0 Å². The number of thiazole rings is 1. The third-order valence-electron chi connectivity index (χ3n) is 3.17. The Morgan fingerprint density at radius 1 is 0.842 bits per heavy atom. The van der Waals surface area contributed by atoms with E-state index in [9.17, 15) is 5.11 Å². The van der Waals surface area contributed by atoms with Crippen LogP contribution >= 0.6 is 11.3 Å². The molecule has 3 heteroatoms. The average Bonchev–Trinajstić information content (AvgIpc) is 3.03. The highest BCUT2D eigenvalue weighted by Crippen LogP contribution is 2.38. The Morgan fingerprint density at radius 2 is 1.37 bits per heavy atom. The molecule has 0 radical (unpaired) electrons. The Kier molecular flexibility index (Phi) is 3.15. The summed E-state index contributed by atoms with van der Waals surface area (Å²) in [5, 5.41) is 11.3. The van der Waals surface area contributed by atoms with Crippen LogP contribution in [0.2, 0.25) is 0 Å². The van der Waals surface area contributed by atoms with Crippen molar-refractivity contribution in [2.24, 2.45) is 0 Å². The average molecular weight is 267 g/mol. The summed E-state index contributed by atoms with van der Waals surface area (Å²) in [6.07, 6.45) is 1.73. The zero-order chi connectivity index (χ0) is 13.1. The molecular weight excluding hydrogens is 254 g/mol. The maximum absolute atomic E-state index is 11.3. The van der Waals surface area contributed by atoms with Crippen LogP contribution in [0.25, 0.3) is 0 Å². The van der Waals surface area contributed by atoms with E-state index in [1.54, 1.807) is 11.7 Å². The molecule has 0 spiro atoms. The number of hydrogen-bond acceptors (Lipinski definition) is 3. The number of benzene rings is 2. The molecule has 0 saturated heterocycles. The van der Waals surface area contributed by atoms with Crippen molar-refractivity contribution in [2.75, 3.05) is 0 Å². The quantitative estimate of drug-likeness (QED) is 0.788. The lowest BCUT2D eigenvalue weighted by atomic mass is 9.85. The lowest BCUT2D eigenvalue weighted by Crippen LogP contribution is -2.27. The van der Waals surface area contributed by atoms with Crippen LogP contribution in [0.1, 0.15) is 16.0 Å². The first-order valence-electron chi connectivity index (χ1n) is 6.04. The third kappa shape index (κ3) is 2.07. The number of aromatic nitrogens is 1. The molecule has 0 bridgehead atoms. The van der Waals surface area contributed by atoms with E-state index in [-0.39, 0.29) is 0 Å². The molecule has 0 fully saturated rings. The maximum Gasteiger partial charge on any atom is 0.151 e. The van der Waals surface area contributed by atoms with Gasteiger partial charge in [0.1, 0.15) is 0 Å². The van der Waals surface area contributed by atoms with Gasteiger partial charge in [-0.25, -0.2) is 0 Å². The molecule has 1 aromatic heterocycles. The summed E-state index contributed by atoms with van der Waals surface area (Å²) in [7, 11) is 0. The summed E-state index contributed by atoms with van der Waals surface area (Å²) in [6, 6.07) is 19.4. The molecule has 0 aliphatic rings. The largest absolute Gasteiger partial charge is 0.375 e. The molecule has 0 atom stereocenters. The first-order valence-corrected chi connectivity index (χ1v) is 6.92. The van der Waals surface area contributed by atoms with Crippen LogP contribution in [-0.2, 0) is 5.60 Å². The van der Waals surface area contributed by atoms with E-state index in [4.69, 9.17) is 0 Å². The second kappa shape index (κ2) is 4.96. The SMILES string of the molecule is OC(c1ccccc1)(c1ccccc1)c1cncs1. The standard InChI is InChI=1S/C16H13NOS/c18-16(15-11-17-12-19-15,13-7-3-1-4-8-13)14-9-5-2-6-10-14/h1-12,18H. The molecule has 0 saturated carbocycles. The third-order valence-corrected chi connectivity index (χ3v) is 4.05. The molecule has 0 aliphatic heterocycles. The van der Waals surface area contributed by atoms with Crippen molar-refractivity contribution in [3.8, 4) is 0 Å². The van der Waals surface area contributed by atoms with Crippen LogP contribution < -0.4 is 0 Å². The highest BCUT2D eigenvalue weighted by molar-refractivity contribution is 7.09. The number of rotatable bonds is 3. The van der Waals surface area contributed by atoms with E-state index in [1.165, 1.54) is 11.3 Å². The van der Waals surface area contributed by atoms with Gasteiger partial charge in [0.2, 0.25) is 0 Å². The van der Waals surface area contributed by atoms with Crippen LogP contribution in [0.3, 0.4) is 0 Å². The summed E-state index contributed by atoms with van der Waals surface area (Å²) in [4.78, 5) is 4.92. The monoisotopic (exact) mass is 267 g/mol. The zero-order valence-corrected chi connectivity index (χ0v) is 11.0. The number of aliphatic hydroxyl groups is 1. The summed E-state index contributed by atoms with van der Waals surface area (Å²) >= 11 is 1.46. The summed E-state index contributed by atoms with van der Waals surface area (Å²) in [5.74, 6) is 0. The van der Waals surface area contributed by atoms with Gasteiger partial charge >= 0.3 is 0 Å². The molecule has 3 aromatic rings. The van der Waals surface area contributed by atoms with Crippen LogP contribution in [-0.4, -0.2) is 10.1 Å². The Bertz CT molecular complexity index is 596. The van der Waals surface area contributed by atoms with Gasteiger partial charge in [-0.2, -0.15) is 0 Å². The second-order valence-electron chi connectivity index (χ2n) is 4.31. The predicted molar refractivity (Wildman–Crippen MR) is 77.1 cm³/mol. The van der Waals surface area contributed by atoms with Crippen molar-refractivity contribution in [1.29, 1.82) is 0 Å². The van der Waals surface area contributed by atoms with Gasteiger partial charge in [-0.05, 0) is 11.1 Å². The predicted octanol–water partition coefficient (Wildman–Crippen LogP) is 3.43. The lowest BCUT2D eigenvalue weighted by Gasteiger charge is -2.27.